The normalized spacial score (nSPS) is 12.5. The van der Waals surface area contributed by atoms with E-state index < -0.39 is 5.76 Å². The van der Waals surface area contributed by atoms with Crippen LogP contribution in [0.1, 0.15) is 53.5 Å². The number of amides is 1. The molecule has 0 fully saturated rings. The number of nitrogens with zero attached hydrogens (tertiary/aromatic N) is 4. The lowest BCUT2D eigenvalue weighted by Gasteiger charge is -2.19. The number of rotatable bonds is 9. The topological polar surface area (TPSA) is 114 Å². The standard InChI is InChI=1S/C34H33N5O4/c1-3-4-13-30-35-22(2)29(18-31(40)38-20-25-9-5-6-10-26(25)21-38)33(41)39(30)19-23-14-16-24(17-15-23)27-11-7-8-12-28(27)32-36-34(42)43-37-32/h5-12,14-17H,3-4,13,18-21H2,1-2H3,(H,36,37,42). The highest BCUT2D eigenvalue weighted by Crippen LogP contribution is 2.30. The molecule has 1 N–H and O–H groups in total. The Bertz CT molecular complexity index is 1880. The van der Waals surface area contributed by atoms with Crippen LogP contribution in [0.4, 0.5) is 0 Å². The fourth-order valence-electron chi connectivity index (χ4n) is 5.68. The van der Waals surface area contributed by atoms with Gasteiger partial charge in [0.2, 0.25) is 5.91 Å². The van der Waals surface area contributed by atoms with Crippen LogP contribution in [-0.4, -0.2) is 30.5 Å². The van der Waals surface area contributed by atoms with Crippen LogP contribution < -0.4 is 11.3 Å². The maximum Gasteiger partial charge on any atom is 0.439 e. The molecule has 3 aromatic carbocycles. The van der Waals surface area contributed by atoms with Crippen molar-refractivity contribution in [3.8, 4) is 22.5 Å². The van der Waals surface area contributed by atoms with Crippen LogP contribution >= 0.6 is 0 Å². The Morgan fingerprint density at radius 3 is 2.26 bits per heavy atom. The van der Waals surface area contributed by atoms with Crippen molar-refractivity contribution < 1.29 is 9.32 Å². The summed E-state index contributed by atoms with van der Waals surface area (Å²) in [6, 6.07) is 23.6. The van der Waals surface area contributed by atoms with Crippen molar-refractivity contribution in [1.82, 2.24) is 24.6 Å². The lowest BCUT2D eigenvalue weighted by atomic mass is 9.98. The van der Waals surface area contributed by atoms with Crippen molar-refractivity contribution in [3.63, 3.8) is 0 Å². The molecular formula is C34H33N5O4. The molecule has 218 valence electrons. The van der Waals surface area contributed by atoms with E-state index in [0.717, 1.165) is 52.0 Å². The predicted octanol–water partition coefficient (Wildman–Crippen LogP) is 5.04. The molecule has 0 bridgehead atoms. The highest BCUT2D eigenvalue weighted by molar-refractivity contribution is 5.80. The molecule has 1 aliphatic heterocycles. The van der Waals surface area contributed by atoms with Crippen LogP contribution in [0.2, 0.25) is 0 Å². The van der Waals surface area contributed by atoms with Gasteiger partial charge in [-0.2, -0.15) is 0 Å². The van der Waals surface area contributed by atoms with Crippen LogP contribution in [-0.2, 0) is 37.3 Å². The Balaban J connectivity index is 1.27. The van der Waals surface area contributed by atoms with Crippen molar-refractivity contribution in [2.75, 3.05) is 0 Å². The highest BCUT2D eigenvalue weighted by atomic mass is 16.5. The van der Waals surface area contributed by atoms with Gasteiger partial charge in [-0.3, -0.25) is 23.7 Å². The number of hydrogen-bond donors (Lipinski definition) is 1. The zero-order valence-corrected chi connectivity index (χ0v) is 24.3. The Kier molecular flexibility index (Phi) is 7.87. The molecule has 0 radical (unpaired) electrons. The second-order valence-electron chi connectivity index (χ2n) is 11.0. The van der Waals surface area contributed by atoms with E-state index in [1.54, 1.807) is 4.57 Å². The molecule has 5 aromatic rings. The van der Waals surface area contributed by atoms with Gasteiger partial charge < -0.3 is 4.90 Å². The maximum absolute atomic E-state index is 13.9. The highest BCUT2D eigenvalue weighted by Gasteiger charge is 2.25. The van der Waals surface area contributed by atoms with Gasteiger partial charge in [-0.25, -0.2) is 9.78 Å². The summed E-state index contributed by atoms with van der Waals surface area (Å²) in [5.41, 5.74) is 6.72. The number of carbonyl (C=O) groups excluding carboxylic acids is 1. The molecule has 0 atom stereocenters. The number of aromatic amines is 1. The number of nitrogens with one attached hydrogen (secondary N) is 1. The third kappa shape index (κ3) is 5.83. The van der Waals surface area contributed by atoms with E-state index in [2.05, 4.69) is 17.1 Å². The van der Waals surface area contributed by atoms with Gasteiger partial charge in [-0.1, -0.05) is 91.3 Å². The first-order chi connectivity index (χ1) is 20.9. The van der Waals surface area contributed by atoms with Crippen LogP contribution in [0.3, 0.4) is 0 Å². The molecule has 0 spiro atoms. The molecule has 9 nitrogen and oxygen atoms in total. The van der Waals surface area contributed by atoms with E-state index in [0.29, 0.717) is 43.1 Å². The van der Waals surface area contributed by atoms with Crippen LogP contribution in [0.5, 0.6) is 0 Å². The van der Waals surface area contributed by atoms with Crippen molar-refractivity contribution in [1.29, 1.82) is 0 Å². The summed E-state index contributed by atoms with van der Waals surface area (Å²) in [5.74, 6) is 0.422. The Labute approximate surface area is 248 Å². The average molecular weight is 576 g/mol. The molecule has 0 saturated heterocycles. The van der Waals surface area contributed by atoms with Gasteiger partial charge >= 0.3 is 5.76 Å². The Morgan fingerprint density at radius 1 is 0.930 bits per heavy atom. The largest absolute Gasteiger partial charge is 0.439 e. The molecule has 0 unspecified atom stereocenters. The second-order valence-corrected chi connectivity index (χ2v) is 11.0. The Morgan fingerprint density at radius 2 is 1.60 bits per heavy atom. The van der Waals surface area contributed by atoms with Gasteiger partial charge in [0.05, 0.1) is 13.0 Å². The quantitative estimate of drug-likeness (QED) is 0.264. The number of aromatic nitrogens is 4. The summed E-state index contributed by atoms with van der Waals surface area (Å²) < 4.78 is 6.44. The maximum atomic E-state index is 13.9. The average Bonchev–Trinajstić information content (AvgIpc) is 3.66. The fraction of sp³-hybridized carbons (Fsp3) is 0.265. The summed E-state index contributed by atoms with van der Waals surface area (Å²) in [4.78, 5) is 48.1. The Hall–Kier alpha value is -5.05. The third-order valence-electron chi connectivity index (χ3n) is 8.05. The molecule has 9 heteroatoms. The number of H-pyrrole nitrogens is 1. The minimum Gasteiger partial charge on any atom is -0.334 e. The minimum absolute atomic E-state index is 0.0274. The van der Waals surface area contributed by atoms with E-state index >= 15 is 0 Å². The van der Waals surface area contributed by atoms with Crippen molar-refractivity contribution in [2.24, 2.45) is 0 Å². The molecular weight excluding hydrogens is 542 g/mol. The van der Waals surface area contributed by atoms with Gasteiger partial charge in [0.1, 0.15) is 5.82 Å². The van der Waals surface area contributed by atoms with Crippen molar-refractivity contribution in [2.45, 2.75) is 59.2 Å². The number of aryl methyl sites for hydroxylation is 2. The number of fused-ring (bicyclic) bond motifs is 1. The second kappa shape index (κ2) is 12.1. The number of hydrogen-bond acceptors (Lipinski definition) is 6. The van der Waals surface area contributed by atoms with Crippen molar-refractivity contribution >= 4 is 5.91 Å². The van der Waals surface area contributed by atoms with Crippen LogP contribution in [0.25, 0.3) is 22.5 Å². The summed E-state index contributed by atoms with van der Waals surface area (Å²) in [7, 11) is 0. The van der Waals surface area contributed by atoms with Gasteiger partial charge in [0.15, 0.2) is 5.82 Å². The van der Waals surface area contributed by atoms with E-state index in [9.17, 15) is 14.4 Å². The lowest BCUT2D eigenvalue weighted by molar-refractivity contribution is -0.131. The third-order valence-corrected chi connectivity index (χ3v) is 8.05. The predicted molar refractivity (Wildman–Crippen MR) is 163 cm³/mol. The van der Waals surface area contributed by atoms with Crippen LogP contribution in [0, 0.1) is 6.92 Å². The SMILES string of the molecule is CCCCc1nc(C)c(CC(=O)N2Cc3ccccc3C2)c(=O)n1Cc1ccc(-c2ccccc2-c2noc(=O)[nH]2)cc1. The fourth-order valence-corrected chi connectivity index (χ4v) is 5.68. The van der Waals surface area contributed by atoms with Gasteiger partial charge in [-0.15, -0.1) is 0 Å². The lowest BCUT2D eigenvalue weighted by Crippen LogP contribution is -2.34. The zero-order valence-electron chi connectivity index (χ0n) is 24.3. The summed E-state index contributed by atoms with van der Waals surface area (Å²) in [5, 5.41) is 3.85. The molecule has 0 aliphatic carbocycles. The number of unbranched alkanes of at least 4 members (excludes halogenated alkanes) is 1. The molecule has 43 heavy (non-hydrogen) atoms. The molecule has 1 amide bonds. The smallest absolute Gasteiger partial charge is 0.334 e. The molecule has 6 rings (SSSR count). The van der Waals surface area contributed by atoms with Gasteiger partial charge in [-0.05, 0) is 41.2 Å². The van der Waals surface area contributed by atoms with E-state index in [1.165, 1.54) is 0 Å². The molecule has 2 aromatic heterocycles. The summed E-state index contributed by atoms with van der Waals surface area (Å²) in [6.45, 7) is 5.41. The first-order valence-electron chi connectivity index (χ1n) is 14.6. The van der Waals surface area contributed by atoms with Gasteiger partial charge in [0, 0.05) is 36.3 Å². The minimum atomic E-state index is -0.609. The van der Waals surface area contributed by atoms with Crippen molar-refractivity contribution in [3.05, 3.63) is 127 Å². The molecule has 1 aliphatic rings. The first kappa shape index (κ1) is 28.1. The first-order valence-corrected chi connectivity index (χ1v) is 14.6. The van der Waals surface area contributed by atoms with Gasteiger partial charge in [0.25, 0.3) is 5.56 Å². The summed E-state index contributed by atoms with van der Waals surface area (Å²) in [6.07, 6.45) is 2.61. The molecule has 3 heterocycles. The number of carbonyl (C=O) groups is 1. The monoisotopic (exact) mass is 575 g/mol. The molecule has 0 saturated carbocycles. The van der Waals surface area contributed by atoms with E-state index in [-0.39, 0.29) is 17.9 Å². The number of benzene rings is 3. The van der Waals surface area contributed by atoms with E-state index in [1.807, 2.05) is 84.6 Å². The van der Waals surface area contributed by atoms with Crippen LogP contribution in [0.15, 0.2) is 86.9 Å². The van der Waals surface area contributed by atoms with E-state index in [4.69, 9.17) is 9.51 Å². The zero-order chi connectivity index (χ0) is 29.9. The summed E-state index contributed by atoms with van der Waals surface area (Å²) >= 11 is 0.